The second kappa shape index (κ2) is 6.96. The second-order valence-corrected chi connectivity index (χ2v) is 4.52. The van der Waals surface area contributed by atoms with Crippen molar-refractivity contribution in [3.8, 4) is 0 Å². The Morgan fingerprint density at radius 3 is 2.90 bits per heavy atom. The normalized spacial score (nSPS) is 11.4. The Morgan fingerprint density at radius 1 is 1.38 bits per heavy atom. The summed E-state index contributed by atoms with van der Waals surface area (Å²) < 4.78 is 1.46. The van der Waals surface area contributed by atoms with E-state index in [0.29, 0.717) is 17.0 Å². The van der Waals surface area contributed by atoms with Crippen LogP contribution in [-0.2, 0) is 0 Å². The van der Waals surface area contributed by atoms with Gasteiger partial charge >= 0.3 is 0 Å². The summed E-state index contributed by atoms with van der Waals surface area (Å²) in [6.45, 7) is 2.24. The molecule has 0 fully saturated rings. The molecule has 2 rings (SSSR count). The fourth-order valence-corrected chi connectivity index (χ4v) is 1.90. The van der Waals surface area contributed by atoms with Gasteiger partial charge in [0, 0.05) is 19.0 Å². The summed E-state index contributed by atoms with van der Waals surface area (Å²) in [6, 6.07) is 3.63. The van der Waals surface area contributed by atoms with E-state index in [0.717, 1.165) is 5.56 Å². The number of aliphatic hydroxyl groups excluding tert-OH is 2. The predicted molar refractivity (Wildman–Crippen MR) is 81.3 cm³/mol. The maximum Gasteiger partial charge on any atom is 0.268 e. The lowest BCUT2D eigenvalue weighted by atomic mass is 10.2. The molecule has 21 heavy (non-hydrogen) atoms. The number of fused-ring (bicyclic) bond motifs is 1. The minimum Gasteiger partial charge on any atom is -0.395 e. The predicted octanol–water partition coefficient (Wildman–Crippen LogP) is -0.182. The number of nitrogens with one attached hydrogen (secondary N) is 1. The highest BCUT2D eigenvalue weighted by Crippen LogP contribution is 2.09. The van der Waals surface area contributed by atoms with E-state index >= 15 is 0 Å². The zero-order valence-corrected chi connectivity index (χ0v) is 11.8. The Kier molecular flexibility index (Phi) is 5.02. The van der Waals surface area contributed by atoms with E-state index in [1.807, 2.05) is 13.0 Å². The van der Waals surface area contributed by atoms with Gasteiger partial charge in [-0.25, -0.2) is 4.98 Å². The van der Waals surface area contributed by atoms with Crippen LogP contribution in [0, 0.1) is 6.92 Å². The molecule has 3 N–H and O–H groups in total. The Balaban J connectivity index is 2.59. The number of aliphatic imine (C=N–C) groups is 1. The quantitative estimate of drug-likeness (QED) is 0.641. The van der Waals surface area contributed by atoms with Crippen LogP contribution in [0.15, 0.2) is 28.1 Å². The molecule has 0 atom stereocenters. The minimum atomic E-state index is -0.245. The summed E-state index contributed by atoms with van der Waals surface area (Å²) in [5.74, 6) is 0.375. The van der Waals surface area contributed by atoms with Crippen LogP contribution < -0.4 is 10.9 Å². The number of anilines is 1. The third kappa shape index (κ3) is 3.45. The van der Waals surface area contributed by atoms with Gasteiger partial charge in [-0.2, -0.15) is 0 Å². The number of aliphatic hydroxyl groups is 2. The molecular weight excluding hydrogens is 272 g/mol. The molecule has 0 aliphatic heterocycles. The molecule has 0 aliphatic rings. The van der Waals surface area contributed by atoms with Crippen LogP contribution in [-0.4, -0.2) is 52.1 Å². The summed E-state index contributed by atoms with van der Waals surface area (Å²) in [6.07, 6.45) is 3.11. The Hall–Kier alpha value is -2.25. The minimum absolute atomic E-state index is 0.0673. The summed E-state index contributed by atoms with van der Waals surface area (Å²) in [5.41, 5.74) is 1.52. The number of pyridine rings is 1. The van der Waals surface area contributed by atoms with Gasteiger partial charge in [-0.05, 0) is 18.6 Å². The largest absolute Gasteiger partial charge is 0.395 e. The average molecular weight is 290 g/mol. The third-order valence-corrected chi connectivity index (χ3v) is 2.86. The van der Waals surface area contributed by atoms with E-state index in [2.05, 4.69) is 15.3 Å². The lowest BCUT2D eigenvalue weighted by Gasteiger charge is -2.10. The summed E-state index contributed by atoms with van der Waals surface area (Å²) >= 11 is 0. The molecule has 2 aromatic rings. The molecule has 0 saturated heterocycles. The molecule has 0 aromatic carbocycles. The van der Waals surface area contributed by atoms with Crippen LogP contribution in [0.1, 0.15) is 11.1 Å². The van der Waals surface area contributed by atoms with Crippen LogP contribution in [0.3, 0.4) is 0 Å². The molecule has 0 unspecified atom stereocenters. The number of nitrogens with zero attached hydrogens (tertiary/aromatic N) is 3. The maximum absolute atomic E-state index is 12.5. The highest BCUT2D eigenvalue weighted by atomic mass is 16.3. The van der Waals surface area contributed by atoms with Crippen molar-refractivity contribution in [3.63, 3.8) is 0 Å². The van der Waals surface area contributed by atoms with Crippen molar-refractivity contribution in [2.24, 2.45) is 4.99 Å². The van der Waals surface area contributed by atoms with Crippen molar-refractivity contribution in [1.29, 1.82) is 0 Å². The maximum atomic E-state index is 12.5. The van der Waals surface area contributed by atoms with Crippen LogP contribution in [0.25, 0.3) is 5.65 Å². The molecule has 2 aromatic heterocycles. The molecule has 7 heteroatoms. The molecule has 0 amide bonds. The monoisotopic (exact) mass is 290 g/mol. The summed E-state index contributed by atoms with van der Waals surface area (Å²) in [5, 5.41) is 20.6. The van der Waals surface area contributed by atoms with Gasteiger partial charge in [0.15, 0.2) is 0 Å². The van der Waals surface area contributed by atoms with Crippen LogP contribution in [0.5, 0.6) is 0 Å². The van der Waals surface area contributed by atoms with Crippen molar-refractivity contribution in [2.75, 3.05) is 31.6 Å². The van der Waals surface area contributed by atoms with E-state index in [1.165, 1.54) is 10.6 Å². The van der Waals surface area contributed by atoms with Crippen molar-refractivity contribution in [2.45, 2.75) is 6.92 Å². The standard InChI is InChI=1S/C14H18N4O3/c1-10-2-3-12-17-13(16-5-7-20)11(8-15-4-6-19)14(21)18(12)9-10/h2-3,8-9,16,19-20H,4-7H2,1H3. The molecule has 0 spiro atoms. The molecule has 7 nitrogen and oxygen atoms in total. The average Bonchev–Trinajstić information content (AvgIpc) is 2.48. The second-order valence-electron chi connectivity index (χ2n) is 4.52. The van der Waals surface area contributed by atoms with Gasteiger partial charge < -0.3 is 15.5 Å². The number of rotatable bonds is 6. The number of aryl methyl sites for hydroxylation is 1. The Morgan fingerprint density at radius 2 is 2.19 bits per heavy atom. The van der Waals surface area contributed by atoms with Gasteiger partial charge in [0.05, 0.1) is 19.8 Å². The molecule has 112 valence electrons. The topological polar surface area (TPSA) is 99.2 Å². The molecule has 0 aliphatic carbocycles. The Labute approximate surface area is 121 Å². The summed E-state index contributed by atoms with van der Waals surface area (Å²) in [7, 11) is 0. The van der Waals surface area contributed by atoms with Gasteiger partial charge in [0.1, 0.15) is 17.0 Å². The van der Waals surface area contributed by atoms with Crippen LogP contribution in [0.4, 0.5) is 5.82 Å². The van der Waals surface area contributed by atoms with Crippen molar-refractivity contribution < 1.29 is 10.2 Å². The van der Waals surface area contributed by atoms with E-state index in [-0.39, 0.29) is 31.9 Å². The van der Waals surface area contributed by atoms with Gasteiger partial charge in [-0.15, -0.1) is 0 Å². The molecule has 2 heterocycles. The fraction of sp³-hybridized carbons (Fsp3) is 0.357. The highest BCUT2D eigenvalue weighted by Gasteiger charge is 2.10. The first-order valence-corrected chi connectivity index (χ1v) is 6.66. The highest BCUT2D eigenvalue weighted by molar-refractivity contribution is 5.86. The van der Waals surface area contributed by atoms with Crippen LogP contribution in [0.2, 0.25) is 0 Å². The molecular formula is C14H18N4O3. The first kappa shape index (κ1) is 15.1. The van der Waals surface area contributed by atoms with Crippen molar-refractivity contribution >= 4 is 17.7 Å². The third-order valence-electron chi connectivity index (χ3n) is 2.86. The van der Waals surface area contributed by atoms with Crippen LogP contribution >= 0.6 is 0 Å². The first-order valence-electron chi connectivity index (χ1n) is 6.66. The lowest BCUT2D eigenvalue weighted by molar-refractivity contribution is 0.307. The smallest absolute Gasteiger partial charge is 0.268 e. The van der Waals surface area contributed by atoms with E-state index in [4.69, 9.17) is 10.2 Å². The molecule has 0 radical (unpaired) electrons. The van der Waals surface area contributed by atoms with E-state index < -0.39 is 0 Å². The van der Waals surface area contributed by atoms with Gasteiger partial charge in [-0.3, -0.25) is 14.2 Å². The number of hydrogen-bond donors (Lipinski definition) is 3. The molecule has 0 bridgehead atoms. The van der Waals surface area contributed by atoms with E-state index in [1.54, 1.807) is 12.3 Å². The Bertz CT molecular complexity index is 709. The van der Waals surface area contributed by atoms with Gasteiger partial charge in [0.25, 0.3) is 5.56 Å². The van der Waals surface area contributed by atoms with Gasteiger partial charge in [-0.1, -0.05) is 6.07 Å². The van der Waals surface area contributed by atoms with Crippen molar-refractivity contribution in [3.05, 3.63) is 39.8 Å². The number of aromatic nitrogens is 2. The molecule has 0 saturated carbocycles. The van der Waals surface area contributed by atoms with E-state index in [9.17, 15) is 4.79 Å². The van der Waals surface area contributed by atoms with Crippen molar-refractivity contribution in [1.82, 2.24) is 9.38 Å². The SMILES string of the molecule is Cc1ccc2nc(NCCO)c(C=NCCO)c(=O)n2c1. The lowest BCUT2D eigenvalue weighted by Crippen LogP contribution is -2.23. The first-order chi connectivity index (χ1) is 10.2. The zero-order valence-electron chi connectivity index (χ0n) is 11.8. The van der Waals surface area contributed by atoms with Gasteiger partial charge in [0.2, 0.25) is 0 Å². The summed E-state index contributed by atoms with van der Waals surface area (Å²) in [4.78, 5) is 20.9. The fourth-order valence-electron chi connectivity index (χ4n) is 1.90. The zero-order chi connectivity index (χ0) is 15.2. The number of hydrogen-bond acceptors (Lipinski definition) is 6.